The number of hydrogen-bond donors (Lipinski definition) is 1. The average Bonchev–Trinajstić information content (AvgIpc) is 3.05. The first-order valence-corrected chi connectivity index (χ1v) is 7.11. The van der Waals surface area contributed by atoms with Gasteiger partial charge in [-0.3, -0.25) is 9.59 Å². The van der Waals surface area contributed by atoms with Gasteiger partial charge in [-0.25, -0.2) is 0 Å². The zero-order valence-corrected chi connectivity index (χ0v) is 12.3. The minimum atomic E-state index is -0.797. The molecule has 20 heavy (non-hydrogen) atoms. The lowest BCUT2D eigenvalue weighted by atomic mass is 9.84. The Morgan fingerprint density at radius 3 is 2.65 bits per heavy atom. The summed E-state index contributed by atoms with van der Waals surface area (Å²) >= 11 is 0. The number of rotatable bonds is 4. The van der Waals surface area contributed by atoms with Crippen LogP contribution in [0.4, 0.5) is 0 Å². The van der Waals surface area contributed by atoms with Crippen LogP contribution in [0.2, 0.25) is 0 Å². The standard InChI is InChI=1S/C15H22N2O3/c1-4-15(14(19)20)7-9-16(10-15)13(18)12-6-5-8-17(12)11(2)3/h5-6,8,11H,4,7,9-10H2,1-3H3,(H,19,20). The zero-order chi connectivity index (χ0) is 14.9. The predicted molar refractivity (Wildman–Crippen MR) is 75.7 cm³/mol. The highest BCUT2D eigenvalue weighted by atomic mass is 16.4. The Morgan fingerprint density at radius 1 is 1.45 bits per heavy atom. The van der Waals surface area contributed by atoms with E-state index >= 15 is 0 Å². The lowest BCUT2D eigenvalue weighted by Gasteiger charge is -2.23. The molecule has 5 nitrogen and oxygen atoms in total. The van der Waals surface area contributed by atoms with Crippen molar-refractivity contribution in [1.82, 2.24) is 9.47 Å². The molecule has 1 aromatic heterocycles. The highest BCUT2D eigenvalue weighted by Crippen LogP contribution is 2.35. The monoisotopic (exact) mass is 278 g/mol. The van der Waals surface area contributed by atoms with Crippen molar-refractivity contribution in [3.8, 4) is 0 Å². The maximum atomic E-state index is 12.6. The van der Waals surface area contributed by atoms with Gasteiger partial charge in [0.25, 0.3) is 5.91 Å². The van der Waals surface area contributed by atoms with Gasteiger partial charge in [-0.05, 0) is 38.8 Å². The van der Waals surface area contributed by atoms with Crippen molar-refractivity contribution in [2.24, 2.45) is 5.41 Å². The summed E-state index contributed by atoms with van der Waals surface area (Å²) in [6, 6.07) is 3.87. The molecule has 5 heteroatoms. The quantitative estimate of drug-likeness (QED) is 0.920. The zero-order valence-electron chi connectivity index (χ0n) is 12.3. The lowest BCUT2D eigenvalue weighted by Crippen LogP contribution is -2.37. The molecule has 0 aromatic carbocycles. The largest absolute Gasteiger partial charge is 0.481 e. The first kappa shape index (κ1) is 14.6. The van der Waals surface area contributed by atoms with Crippen LogP contribution in [0.3, 0.4) is 0 Å². The second-order valence-corrected chi connectivity index (χ2v) is 5.81. The van der Waals surface area contributed by atoms with Crippen molar-refractivity contribution in [2.45, 2.75) is 39.7 Å². The predicted octanol–water partition coefficient (Wildman–Crippen LogP) is 2.40. The fraction of sp³-hybridized carbons (Fsp3) is 0.600. The van der Waals surface area contributed by atoms with Gasteiger partial charge in [-0.15, -0.1) is 0 Å². The SMILES string of the molecule is CCC1(C(=O)O)CCN(C(=O)c2cccn2C(C)C)C1. The van der Waals surface area contributed by atoms with E-state index in [1.54, 1.807) is 11.0 Å². The molecule has 2 heterocycles. The average molecular weight is 278 g/mol. The number of carbonyl (C=O) groups is 2. The molecule has 1 aromatic rings. The Kier molecular flexibility index (Phi) is 3.88. The smallest absolute Gasteiger partial charge is 0.311 e. The van der Waals surface area contributed by atoms with E-state index in [9.17, 15) is 14.7 Å². The first-order chi connectivity index (χ1) is 9.41. The van der Waals surface area contributed by atoms with Crippen LogP contribution in [0.1, 0.15) is 50.1 Å². The molecule has 0 radical (unpaired) electrons. The van der Waals surface area contributed by atoms with Gasteiger partial charge in [0.05, 0.1) is 5.41 Å². The summed E-state index contributed by atoms with van der Waals surface area (Å²) < 4.78 is 1.93. The fourth-order valence-corrected chi connectivity index (χ4v) is 2.85. The van der Waals surface area contributed by atoms with Gasteiger partial charge in [0.2, 0.25) is 0 Å². The van der Waals surface area contributed by atoms with Crippen molar-refractivity contribution in [2.75, 3.05) is 13.1 Å². The summed E-state index contributed by atoms with van der Waals surface area (Å²) in [5.74, 6) is -0.866. The Bertz CT molecular complexity index is 521. The van der Waals surface area contributed by atoms with E-state index < -0.39 is 11.4 Å². The van der Waals surface area contributed by atoms with Crippen molar-refractivity contribution in [1.29, 1.82) is 0 Å². The number of carboxylic acid groups (broad SMARTS) is 1. The maximum absolute atomic E-state index is 12.6. The highest BCUT2D eigenvalue weighted by Gasteiger charge is 2.45. The number of carboxylic acids is 1. The van der Waals surface area contributed by atoms with Crippen molar-refractivity contribution < 1.29 is 14.7 Å². The second kappa shape index (κ2) is 5.31. The molecule has 1 aliphatic rings. The number of carbonyl (C=O) groups excluding carboxylic acids is 1. The summed E-state index contributed by atoms with van der Waals surface area (Å²) in [5, 5.41) is 9.39. The molecule has 1 aliphatic heterocycles. The Hall–Kier alpha value is -1.78. The van der Waals surface area contributed by atoms with Gasteiger partial charge in [-0.2, -0.15) is 0 Å². The fourth-order valence-electron chi connectivity index (χ4n) is 2.85. The van der Waals surface area contributed by atoms with Crippen LogP contribution in [0.25, 0.3) is 0 Å². The third-order valence-electron chi connectivity index (χ3n) is 4.33. The third-order valence-corrected chi connectivity index (χ3v) is 4.33. The van der Waals surface area contributed by atoms with Crippen LogP contribution in [-0.2, 0) is 4.79 Å². The van der Waals surface area contributed by atoms with Gasteiger partial charge < -0.3 is 14.6 Å². The third kappa shape index (κ3) is 2.32. The van der Waals surface area contributed by atoms with E-state index in [1.165, 1.54) is 0 Å². The number of nitrogens with zero attached hydrogens (tertiary/aromatic N) is 2. The van der Waals surface area contributed by atoms with Gasteiger partial charge in [0, 0.05) is 25.3 Å². The molecule has 2 rings (SSSR count). The van der Waals surface area contributed by atoms with E-state index in [2.05, 4.69) is 0 Å². The Labute approximate surface area is 119 Å². The molecule has 1 N–H and O–H groups in total. The van der Waals surface area contributed by atoms with Crippen LogP contribution in [0.15, 0.2) is 18.3 Å². The van der Waals surface area contributed by atoms with Crippen LogP contribution in [0, 0.1) is 5.41 Å². The van der Waals surface area contributed by atoms with Crippen molar-refractivity contribution >= 4 is 11.9 Å². The first-order valence-electron chi connectivity index (χ1n) is 7.11. The van der Waals surface area contributed by atoms with E-state index in [1.807, 2.05) is 37.6 Å². The van der Waals surface area contributed by atoms with Crippen LogP contribution in [0.5, 0.6) is 0 Å². The molecule has 1 atom stereocenters. The summed E-state index contributed by atoms with van der Waals surface area (Å²) in [7, 11) is 0. The molecule has 110 valence electrons. The van der Waals surface area contributed by atoms with Crippen LogP contribution >= 0.6 is 0 Å². The molecule has 0 bridgehead atoms. The molecular weight excluding hydrogens is 256 g/mol. The number of aliphatic carboxylic acids is 1. The molecule has 0 saturated carbocycles. The minimum absolute atomic E-state index is 0.0692. The summed E-state index contributed by atoms with van der Waals surface area (Å²) in [6.45, 7) is 6.74. The molecule has 1 amide bonds. The highest BCUT2D eigenvalue weighted by molar-refractivity contribution is 5.93. The lowest BCUT2D eigenvalue weighted by molar-refractivity contribution is -0.148. The Balaban J connectivity index is 2.20. The van der Waals surface area contributed by atoms with E-state index in [-0.39, 0.29) is 11.9 Å². The van der Waals surface area contributed by atoms with Crippen LogP contribution in [-0.4, -0.2) is 39.5 Å². The molecule has 0 spiro atoms. The molecule has 1 saturated heterocycles. The van der Waals surface area contributed by atoms with Crippen molar-refractivity contribution in [3.63, 3.8) is 0 Å². The molecular formula is C15H22N2O3. The number of likely N-dealkylation sites (tertiary alicyclic amines) is 1. The Morgan fingerprint density at radius 2 is 2.15 bits per heavy atom. The maximum Gasteiger partial charge on any atom is 0.311 e. The van der Waals surface area contributed by atoms with Gasteiger partial charge >= 0.3 is 5.97 Å². The number of amides is 1. The number of hydrogen-bond acceptors (Lipinski definition) is 2. The normalized spacial score (nSPS) is 22.5. The summed E-state index contributed by atoms with van der Waals surface area (Å²) in [4.78, 5) is 25.7. The van der Waals surface area contributed by atoms with E-state index in [0.29, 0.717) is 31.6 Å². The topological polar surface area (TPSA) is 62.5 Å². The molecule has 1 fully saturated rings. The summed E-state index contributed by atoms with van der Waals surface area (Å²) in [6.07, 6.45) is 2.97. The minimum Gasteiger partial charge on any atom is -0.481 e. The van der Waals surface area contributed by atoms with Gasteiger partial charge in [-0.1, -0.05) is 6.92 Å². The summed E-state index contributed by atoms with van der Waals surface area (Å²) in [5.41, 5.74) is -0.137. The van der Waals surface area contributed by atoms with Crippen molar-refractivity contribution in [3.05, 3.63) is 24.0 Å². The van der Waals surface area contributed by atoms with Crippen LogP contribution < -0.4 is 0 Å². The van der Waals surface area contributed by atoms with Gasteiger partial charge in [0.1, 0.15) is 5.69 Å². The number of aromatic nitrogens is 1. The molecule has 0 aliphatic carbocycles. The van der Waals surface area contributed by atoms with E-state index in [4.69, 9.17) is 0 Å². The second-order valence-electron chi connectivity index (χ2n) is 5.81. The van der Waals surface area contributed by atoms with E-state index in [0.717, 1.165) is 0 Å². The van der Waals surface area contributed by atoms with Gasteiger partial charge in [0.15, 0.2) is 0 Å². The molecule has 1 unspecified atom stereocenters.